The molecule has 0 aliphatic heterocycles. The normalized spacial score (nSPS) is 11.3. The molecule has 0 atom stereocenters. The zero-order valence-corrected chi connectivity index (χ0v) is 15.9. The molecule has 146 valence electrons. The Balaban J connectivity index is 1.54. The second-order valence-electron chi connectivity index (χ2n) is 6.79. The first kappa shape index (κ1) is 20.8. The Hall–Kier alpha value is -2.54. The minimum Gasteiger partial charge on any atom is -0.492 e. The van der Waals surface area contributed by atoms with Crippen LogP contribution in [0.5, 0.6) is 5.75 Å². The standard InChI is InChI=1S/C20H27N3O4/c1-20(2,19(24)25)27-11-7-5-3-4-6-10-26-17-8-9-18(23-14-17)16-12-21-15-22-13-16/h8-9,12-15H,3-7,10-11H2,1-2H3,(H,24,25). The molecule has 1 N–H and O–H groups in total. The second-order valence-corrected chi connectivity index (χ2v) is 6.79. The van der Waals surface area contributed by atoms with Crippen LogP contribution in [0.4, 0.5) is 0 Å². The molecule has 2 rings (SSSR count). The van der Waals surface area contributed by atoms with Crippen LogP contribution < -0.4 is 4.74 Å². The Morgan fingerprint density at radius 2 is 1.67 bits per heavy atom. The van der Waals surface area contributed by atoms with Crippen molar-refractivity contribution in [3.05, 3.63) is 37.1 Å². The highest BCUT2D eigenvalue weighted by Gasteiger charge is 2.27. The van der Waals surface area contributed by atoms with Crippen molar-refractivity contribution in [3.8, 4) is 17.0 Å². The molecular weight excluding hydrogens is 346 g/mol. The van der Waals surface area contributed by atoms with Crippen LogP contribution >= 0.6 is 0 Å². The SMILES string of the molecule is CC(C)(OCCCCCCCOc1ccc(-c2cncnc2)nc1)C(=O)O. The first-order valence-corrected chi connectivity index (χ1v) is 9.20. The molecule has 7 nitrogen and oxygen atoms in total. The number of rotatable bonds is 12. The quantitative estimate of drug-likeness (QED) is 0.566. The first-order valence-electron chi connectivity index (χ1n) is 9.20. The zero-order valence-electron chi connectivity index (χ0n) is 15.9. The Morgan fingerprint density at radius 1 is 1.00 bits per heavy atom. The number of pyridine rings is 1. The summed E-state index contributed by atoms with van der Waals surface area (Å²) in [4.78, 5) is 23.3. The molecule has 2 heterocycles. The van der Waals surface area contributed by atoms with Crippen molar-refractivity contribution in [2.45, 2.75) is 51.6 Å². The average molecular weight is 373 g/mol. The molecule has 0 amide bonds. The summed E-state index contributed by atoms with van der Waals surface area (Å²) in [6.45, 7) is 4.27. The fourth-order valence-electron chi connectivity index (χ4n) is 2.38. The summed E-state index contributed by atoms with van der Waals surface area (Å²) in [6, 6.07) is 3.80. The molecule has 0 aliphatic carbocycles. The molecule has 2 aromatic heterocycles. The number of carboxylic acids is 1. The van der Waals surface area contributed by atoms with Crippen molar-refractivity contribution in [1.29, 1.82) is 0 Å². The Labute approximate surface area is 159 Å². The van der Waals surface area contributed by atoms with E-state index in [0.29, 0.717) is 13.2 Å². The fraction of sp³-hybridized carbons (Fsp3) is 0.500. The summed E-state index contributed by atoms with van der Waals surface area (Å²) in [7, 11) is 0. The molecule has 7 heteroatoms. The fourth-order valence-corrected chi connectivity index (χ4v) is 2.38. The highest BCUT2D eigenvalue weighted by molar-refractivity contribution is 5.76. The lowest BCUT2D eigenvalue weighted by atomic mass is 10.1. The van der Waals surface area contributed by atoms with E-state index in [-0.39, 0.29) is 0 Å². The average Bonchev–Trinajstić information content (AvgIpc) is 2.67. The summed E-state index contributed by atoms with van der Waals surface area (Å²) in [5.74, 6) is -0.181. The Bertz CT molecular complexity index is 690. The van der Waals surface area contributed by atoms with E-state index in [2.05, 4.69) is 15.0 Å². The van der Waals surface area contributed by atoms with E-state index >= 15 is 0 Å². The largest absolute Gasteiger partial charge is 0.492 e. The third-order valence-corrected chi connectivity index (χ3v) is 4.13. The van der Waals surface area contributed by atoms with Gasteiger partial charge in [-0.25, -0.2) is 14.8 Å². The molecule has 0 aliphatic rings. The number of unbranched alkanes of at least 4 members (excludes halogenated alkanes) is 4. The van der Waals surface area contributed by atoms with E-state index in [1.54, 1.807) is 32.4 Å². The van der Waals surface area contributed by atoms with Gasteiger partial charge in [0.25, 0.3) is 0 Å². The summed E-state index contributed by atoms with van der Waals surface area (Å²) in [5, 5.41) is 8.96. The minimum atomic E-state index is -1.11. The second kappa shape index (κ2) is 10.6. The molecular formula is C20H27N3O4. The van der Waals surface area contributed by atoms with Gasteiger partial charge in [-0.15, -0.1) is 0 Å². The van der Waals surface area contributed by atoms with Crippen LogP contribution in [0.25, 0.3) is 11.3 Å². The van der Waals surface area contributed by atoms with Gasteiger partial charge < -0.3 is 14.6 Å². The number of carbonyl (C=O) groups is 1. The number of ether oxygens (including phenoxy) is 2. The van der Waals surface area contributed by atoms with Crippen molar-refractivity contribution in [2.24, 2.45) is 0 Å². The Morgan fingerprint density at radius 3 is 2.30 bits per heavy atom. The van der Waals surface area contributed by atoms with Crippen LogP contribution in [0, 0.1) is 0 Å². The molecule has 0 radical (unpaired) electrons. The van der Waals surface area contributed by atoms with Crippen LogP contribution in [0.3, 0.4) is 0 Å². The minimum absolute atomic E-state index is 0.472. The lowest BCUT2D eigenvalue weighted by Crippen LogP contribution is -2.35. The van der Waals surface area contributed by atoms with Gasteiger partial charge in [0.15, 0.2) is 5.60 Å². The third kappa shape index (κ3) is 7.30. The highest BCUT2D eigenvalue weighted by Crippen LogP contribution is 2.18. The number of aliphatic carboxylic acids is 1. The van der Waals surface area contributed by atoms with Gasteiger partial charge in [0.05, 0.1) is 18.5 Å². The Kier molecular flexibility index (Phi) is 8.13. The summed E-state index contributed by atoms with van der Waals surface area (Å²) in [5.41, 5.74) is 0.585. The van der Waals surface area contributed by atoms with Crippen molar-refractivity contribution < 1.29 is 19.4 Å². The highest BCUT2D eigenvalue weighted by atomic mass is 16.5. The smallest absolute Gasteiger partial charge is 0.335 e. The number of aromatic nitrogens is 3. The molecule has 0 unspecified atom stereocenters. The molecule has 2 aromatic rings. The topological polar surface area (TPSA) is 94.4 Å². The lowest BCUT2D eigenvalue weighted by molar-refractivity contribution is -0.161. The molecule has 0 aromatic carbocycles. The van der Waals surface area contributed by atoms with Crippen LogP contribution in [0.1, 0.15) is 46.0 Å². The van der Waals surface area contributed by atoms with E-state index in [1.165, 1.54) is 6.33 Å². The van der Waals surface area contributed by atoms with Crippen molar-refractivity contribution in [1.82, 2.24) is 15.0 Å². The summed E-state index contributed by atoms with van der Waals surface area (Å²) >= 11 is 0. The van der Waals surface area contributed by atoms with Gasteiger partial charge in [0.2, 0.25) is 0 Å². The first-order chi connectivity index (χ1) is 13.0. The van der Waals surface area contributed by atoms with Gasteiger partial charge >= 0.3 is 5.97 Å². The molecule has 27 heavy (non-hydrogen) atoms. The molecule has 0 bridgehead atoms. The maximum atomic E-state index is 10.9. The van der Waals surface area contributed by atoms with Gasteiger partial charge in [-0.3, -0.25) is 4.98 Å². The van der Waals surface area contributed by atoms with Gasteiger partial charge in [-0.2, -0.15) is 0 Å². The molecule has 0 saturated heterocycles. The van der Waals surface area contributed by atoms with Gasteiger partial charge in [-0.1, -0.05) is 19.3 Å². The maximum Gasteiger partial charge on any atom is 0.335 e. The van der Waals surface area contributed by atoms with Crippen molar-refractivity contribution >= 4 is 5.97 Å². The summed E-state index contributed by atoms with van der Waals surface area (Å²) in [6.07, 6.45) is 11.6. The van der Waals surface area contributed by atoms with Crippen molar-refractivity contribution in [2.75, 3.05) is 13.2 Å². The van der Waals surface area contributed by atoms with Crippen LogP contribution in [0.2, 0.25) is 0 Å². The predicted molar refractivity (Wildman–Crippen MR) is 102 cm³/mol. The number of hydrogen-bond donors (Lipinski definition) is 1. The summed E-state index contributed by atoms with van der Waals surface area (Å²) < 4.78 is 11.1. The third-order valence-electron chi connectivity index (χ3n) is 4.13. The van der Waals surface area contributed by atoms with E-state index in [1.807, 2.05) is 12.1 Å². The molecule has 0 spiro atoms. The maximum absolute atomic E-state index is 10.9. The molecule has 0 saturated carbocycles. The van der Waals surface area contributed by atoms with Gasteiger partial charge in [0.1, 0.15) is 12.1 Å². The lowest BCUT2D eigenvalue weighted by Gasteiger charge is -2.19. The number of carboxylic acid groups (broad SMARTS) is 1. The van der Waals surface area contributed by atoms with E-state index < -0.39 is 11.6 Å². The van der Waals surface area contributed by atoms with Crippen molar-refractivity contribution in [3.63, 3.8) is 0 Å². The van der Waals surface area contributed by atoms with Gasteiger partial charge in [-0.05, 0) is 38.8 Å². The van der Waals surface area contributed by atoms with E-state index in [4.69, 9.17) is 14.6 Å². The molecule has 0 fully saturated rings. The number of hydrogen-bond acceptors (Lipinski definition) is 6. The monoisotopic (exact) mass is 373 g/mol. The van der Waals surface area contributed by atoms with E-state index in [0.717, 1.165) is 49.1 Å². The van der Waals surface area contributed by atoms with Gasteiger partial charge in [0, 0.05) is 24.6 Å². The van der Waals surface area contributed by atoms with Crippen LogP contribution in [-0.2, 0) is 9.53 Å². The van der Waals surface area contributed by atoms with E-state index in [9.17, 15) is 4.79 Å². The van der Waals surface area contributed by atoms with Crippen LogP contribution in [0.15, 0.2) is 37.1 Å². The zero-order chi connectivity index (χ0) is 19.5. The predicted octanol–water partition coefficient (Wildman–Crippen LogP) is 3.75. The van der Waals surface area contributed by atoms with Crippen LogP contribution in [-0.4, -0.2) is 44.8 Å². The number of nitrogens with zero attached hydrogens (tertiary/aromatic N) is 3.